The number of rotatable bonds is 4. The van der Waals surface area contributed by atoms with E-state index < -0.39 is 0 Å². The number of nitrogens with zero attached hydrogens (tertiary/aromatic N) is 3. The maximum atomic E-state index is 9.61. The predicted octanol–water partition coefficient (Wildman–Crippen LogP) is 3.42. The average Bonchev–Trinajstić information content (AvgIpc) is 2.59. The molecule has 5 nitrogen and oxygen atoms in total. The van der Waals surface area contributed by atoms with Gasteiger partial charge in [-0.2, -0.15) is 10.4 Å². The van der Waals surface area contributed by atoms with Gasteiger partial charge >= 0.3 is 0 Å². The Hall–Kier alpha value is -2.45. The molecular formula is C20H24N4O. The minimum Gasteiger partial charge on any atom is -0.369 e. The second kappa shape index (κ2) is 6.81. The molecule has 0 spiro atoms. The molecule has 0 unspecified atom stereocenters. The molecule has 1 aromatic carbocycles. The Kier molecular flexibility index (Phi) is 4.73. The smallest absolute Gasteiger partial charge is 0.164 e. The van der Waals surface area contributed by atoms with Crippen molar-refractivity contribution in [2.75, 3.05) is 0 Å². The Balaban J connectivity index is 2.04. The summed E-state index contributed by atoms with van der Waals surface area (Å²) >= 11 is 0. The molecule has 25 heavy (non-hydrogen) atoms. The molecule has 1 N–H and O–H groups in total. The third kappa shape index (κ3) is 3.49. The van der Waals surface area contributed by atoms with Crippen molar-refractivity contribution < 1.29 is 4.74 Å². The van der Waals surface area contributed by atoms with Crippen LogP contribution in [0.5, 0.6) is 0 Å². The van der Waals surface area contributed by atoms with E-state index in [0.717, 1.165) is 23.4 Å². The zero-order valence-corrected chi connectivity index (χ0v) is 15.1. The first kappa shape index (κ1) is 17.4. The Morgan fingerprint density at radius 1 is 1.32 bits per heavy atom. The van der Waals surface area contributed by atoms with Crippen molar-refractivity contribution in [3.05, 3.63) is 52.1 Å². The topological polar surface area (TPSA) is 74.7 Å². The van der Waals surface area contributed by atoms with Gasteiger partial charge in [-0.1, -0.05) is 25.5 Å². The fraction of sp³-hybridized carbons (Fsp3) is 0.450. The van der Waals surface area contributed by atoms with Crippen LogP contribution in [0.15, 0.2) is 24.3 Å². The zero-order chi connectivity index (χ0) is 18.0. The van der Waals surface area contributed by atoms with E-state index in [0.29, 0.717) is 18.6 Å². The summed E-state index contributed by atoms with van der Waals surface area (Å²) in [6.07, 6.45) is 3.99. The number of hydrogen-bond acceptors (Lipinski definition) is 4. The molecule has 0 radical (unpaired) electrons. The molecule has 3 rings (SSSR count). The van der Waals surface area contributed by atoms with Crippen molar-refractivity contribution in [1.82, 2.24) is 9.78 Å². The van der Waals surface area contributed by atoms with Crippen molar-refractivity contribution in [3.63, 3.8) is 0 Å². The first-order valence-electron chi connectivity index (χ1n) is 8.78. The summed E-state index contributed by atoms with van der Waals surface area (Å²) in [5.74, 6) is 0. The average molecular weight is 336 g/mol. The maximum absolute atomic E-state index is 9.61. The molecular weight excluding hydrogens is 312 g/mol. The van der Waals surface area contributed by atoms with Crippen LogP contribution in [0.3, 0.4) is 0 Å². The van der Waals surface area contributed by atoms with Crippen molar-refractivity contribution in [2.24, 2.45) is 0 Å². The summed E-state index contributed by atoms with van der Waals surface area (Å²) in [5.41, 5.74) is 3.88. The minimum absolute atomic E-state index is 0.139. The van der Waals surface area contributed by atoms with Gasteiger partial charge in [0.25, 0.3) is 0 Å². The van der Waals surface area contributed by atoms with Gasteiger partial charge in [0, 0.05) is 12.0 Å². The third-order valence-corrected chi connectivity index (χ3v) is 4.63. The predicted molar refractivity (Wildman–Crippen MR) is 95.3 cm³/mol. The Bertz CT molecular complexity index is 872. The number of aromatic nitrogens is 2. The monoisotopic (exact) mass is 336 g/mol. The molecule has 0 bridgehead atoms. The number of unbranched alkanes of at least 4 members (excludes halogenated alkanes) is 1. The molecule has 0 fully saturated rings. The van der Waals surface area contributed by atoms with Gasteiger partial charge in [0.2, 0.25) is 0 Å². The number of nitriles is 1. The summed E-state index contributed by atoms with van der Waals surface area (Å²) in [4.78, 5) is 0. The molecule has 0 saturated carbocycles. The van der Waals surface area contributed by atoms with E-state index >= 15 is 0 Å². The van der Waals surface area contributed by atoms with Gasteiger partial charge in [0.1, 0.15) is 11.6 Å². The fourth-order valence-corrected chi connectivity index (χ4v) is 3.16. The van der Waals surface area contributed by atoms with Crippen LogP contribution in [0.2, 0.25) is 0 Å². The van der Waals surface area contributed by atoms with Crippen LogP contribution in [0.4, 0.5) is 0 Å². The van der Waals surface area contributed by atoms with E-state index in [4.69, 9.17) is 10.1 Å². The molecule has 0 saturated heterocycles. The largest absolute Gasteiger partial charge is 0.369 e. The van der Waals surface area contributed by atoms with Crippen molar-refractivity contribution in [2.45, 2.75) is 58.7 Å². The van der Waals surface area contributed by atoms with Crippen molar-refractivity contribution >= 4 is 0 Å². The lowest BCUT2D eigenvalue weighted by Crippen LogP contribution is -2.37. The number of nitrogens with one attached hydrogen (secondary N) is 1. The first-order chi connectivity index (χ1) is 11.9. The van der Waals surface area contributed by atoms with E-state index in [9.17, 15) is 5.26 Å². The number of ether oxygens (including phenoxy) is 1. The Labute approximate surface area is 148 Å². The quantitative estimate of drug-likeness (QED) is 0.929. The lowest BCUT2D eigenvalue weighted by atomic mass is 9.92. The van der Waals surface area contributed by atoms with Crippen LogP contribution in [0.25, 0.3) is 5.69 Å². The van der Waals surface area contributed by atoms with Crippen LogP contribution in [-0.2, 0) is 24.2 Å². The molecule has 2 aromatic rings. The zero-order valence-electron chi connectivity index (χ0n) is 15.1. The molecule has 130 valence electrons. The van der Waals surface area contributed by atoms with Gasteiger partial charge in [-0.25, -0.2) is 4.68 Å². The standard InChI is InChI=1S/C20H24N4O/c1-4-5-6-14-7-9-15(10-8-14)24-19(22)17(12-21)16-11-20(2,3)25-13-18(16)23-24/h7-10,22H,4-6,11,13H2,1-3H3. The van der Waals surface area contributed by atoms with Gasteiger partial charge in [0.05, 0.1) is 23.6 Å². The highest BCUT2D eigenvalue weighted by Gasteiger charge is 2.30. The third-order valence-electron chi connectivity index (χ3n) is 4.63. The highest BCUT2D eigenvalue weighted by Crippen LogP contribution is 2.27. The van der Waals surface area contributed by atoms with E-state index in [-0.39, 0.29) is 11.1 Å². The van der Waals surface area contributed by atoms with Crippen LogP contribution >= 0.6 is 0 Å². The van der Waals surface area contributed by atoms with E-state index in [1.807, 2.05) is 26.0 Å². The van der Waals surface area contributed by atoms with Crippen molar-refractivity contribution in [1.29, 1.82) is 10.7 Å². The summed E-state index contributed by atoms with van der Waals surface area (Å²) in [6.45, 7) is 6.54. The van der Waals surface area contributed by atoms with Crippen LogP contribution < -0.4 is 5.49 Å². The van der Waals surface area contributed by atoms with Gasteiger partial charge in [0.15, 0.2) is 5.49 Å². The van der Waals surface area contributed by atoms with Crippen molar-refractivity contribution in [3.8, 4) is 11.8 Å². The minimum atomic E-state index is -0.334. The molecule has 2 heterocycles. The normalized spacial score (nSPS) is 15.4. The fourth-order valence-electron chi connectivity index (χ4n) is 3.16. The van der Waals surface area contributed by atoms with Gasteiger partial charge in [-0.05, 0) is 44.4 Å². The molecule has 1 aliphatic rings. The summed E-state index contributed by atoms with van der Waals surface area (Å²) in [5, 5.41) is 22.7. The summed E-state index contributed by atoms with van der Waals surface area (Å²) in [6, 6.07) is 10.3. The molecule has 0 amide bonds. The van der Waals surface area contributed by atoms with Crippen LogP contribution in [0, 0.1) is 16.7 Å². The maximum Gasteiger partial charge on any atom is 0.164 e. The number of benzene rings is 1. The summed E-state index contributed by atoms with van der Waals surface area (Å²) in [7, 11) is 0. The molecule has 1 aliphatic heterocycles. The van der Waals surface area contributed by atoms with E-state index in [2.05, 4.69) is 30.2 Å². The second-order valence-electron chi connectivity index (χ2n) is 7.17. The number of fused-ring (bicyclic) bond motifs is 1. The highest BCUT2D eigenvalue weighted by molar-refractivity contribution is 5.42. The highest BCUT2D eigenvalue weighted by atomic mass is 16.5. The van der Waals surface area contributed by atoms with Gasteiger partial charge in [-0.3, -0.25) is 5.41 Å². The molecule has 5 heteroatoms. The van der Waals surface area contributed by atoms with Gasteiger partial charge < -0.3 is 4.74 Å². The van der Waals surface area contributed by atoms with E-state index in [1.54, 1.807) is 4.68 Å². The number of hydrogen-bond donors (Lipinski definition) is 1. The van der Waals surface area contributed by atoms with E-state index in [1.165, 1.54) is 18.4 Å². The van der Waals surface area contributed by atoms with Crippen LogP contribution in [-0.4, -0.2) is 15.4 Å². The molecule has 0 aliphatic carbocycles. The van der Waals surface area contributed by atoms with Gasteiger partial charge in [-0.15, -0.1) is 0 Å². The Morgan fingerprint density at radius 3 is 2.68 bits per heavy atom. The lowest BCUT2D eigenvalue weighted by molar-refractivity contribution is -0.0428. The molecule has 1 aromatic heterocycles. The Morgan fingerprint density at radius 2 is 2.04 bits per heavy atom. The lowest BCUT2D eigenvalue weighted by Gasteiger charge is -2.31. The number of aryl methyl sites for hydroxylation is 1. The SMILES string of the molecule is CCCCc1ccc(-n2nc3c(c(C#N)c2=N)CC(C)(C)OC3)cc1. The second-order valence-corrected chi connectivity index (χ2v) is 7.17. The van der Waals surface area contributed by atoms with Crippen LogP contribution in [0.1, 0.15) is 56.0 Å². The summed E-state index contributed by atoms with van der Waals surface area (Å²) < 4.78 is 7.38. The first-order valence-corrected chi connectivity index (χ1v) is 8.78. The molecule has 0 atom stereocenters.